The summed E-state index contributed by atoms with van der Waals surface area (Å²) in [6.07, 6.45) is 1.88. The number of benzene rings is 1. The summed E-state index contributed by atoms with van der Waals surface area (Å²) >= 11 is 0. The minimum absolute atomic E-state index is 0.764. The molecule has 3 nitrogen and oxygen atoms in total. The molecule has 2 rings (SSSR count). The lowest BCUT2D eigenvalue weighted by Gasteiger charge is -2.17. The first kappa shape index (κ1) is 13.9. The number of ether oxygens (including phenoxy) is 2. The van der Waals surface area contributed by atoms with Crippen LogP contribution in [0, 0.1) is 0 Å². The molecule has 2 aromatic rings. The fraction of sp³-hybridized carbons (Fsp3) is 0.400. The molecular formula is C15H21NO2Si. The highest BCUT2D eigenvalue weighted by molar-refractivity contribution is 6.75. The molecule has 1 aromatic heterocycles. The normalized spacial score (nSPS) is 11.6. The molecule has 0 radical (unpaired) electrons. The minimum atomic E-state index is -1.20. The number of fused-ring (bicyclic) bond motifs is 1. The number of hydrogen-bond acceptors (Lipinski definition) is 3. The van der Waals surface area contributed by atoms with Gasteiger partial charge in [0, 0.05) is 17.3 Å². The minimum Gasteiger partial charge on any atom is -0.493 e. The van der Waals surface area contributed by atoms with E-state index in [0.717, 1.165) is 28.6 Å². The fourth-order valence-corrected chi connectivity index (χ4v) is 3.49. The zero-order chi connectivity index (χ0) is 14.0. The second-order valence-corrected chi connectivity index (χ2v) is 11.4. The molecule has 0 fully saturated rings. The first-order chi connectivity index (χ1) is 8.94. The van der Waals surface area contributed by atoms with E-state index in [1.807, 2.05) is 24.4 Å². The Morgan fingerprint density at radius 1 is 1.05 bits per heavy atom. The summed E-state index contributed by atoms with van der Waals surface area (Å²) in [4.78, 5) is 4.56. The van der Waals surface area contributed by atoms with E-state index in [1.54, 1.807) is 14.2 Å². The van der Waals surface area contributed by atoms with Gasteiger partial charge in [-0.3, -0.25) is 4.98 Å². The molecule has 19 heavy (non-hydrogen) atoms. The van der Waals surface area contributed by atoms with Crippen molar-refractivity contribution < 1.29 is 9.47 Å². The highest BCUT2D eigenvalue weighted by atomic mass is 28.3. The number of pyridine rings is 1. The Labute approximate surface area is 115 Å². The maximum Gasteiger partial charge on any atom is 0.161 e. The maximum absolute atomic E-state index is 5.39. The van der Waals surface area contributed by atoms with E-state index in [1.165, 1.54) is 5.39 Å². The van der Waals surface area contributed by atoms with Crippen molar-refractivity contribution in [3.8, 4) is 11.5 Å². The monoisotopic (exact) mass is 275 g/mol. The van der Waals surface area contributed by atoms with Crippen LogP contribution in [-0.2, 0) is 6.04 Å². The smallest absolute Gasteiger partial charge is 0.161 e. The van der Waals surface area contributed by atoms with Crippen molar-refractivity contribution in [2.24, 2.45) is 0 Å². The largest absolute Gasteiger partial charge is 0.493 e. The van der Waals surface area contributed by atoms with E-state index in [-0.39, 0.29) is 0 Å². The number of aromatic nitrogens is 1. The summed E-state index contributed by atoms with van der Waals surface area (Å²) in [5.41, 5.74) is 1.16. The second-order valence-electron chi connectivity index (χ2n) is 5.92. The molecular weight excluding hydrogens is 254 g/mol. The highest BCUT2D eigenvalue weighted by Gasteiger charge is 2.17. The Kier molecular flexibility index (Phi) is 3.80. The van der Waals surface area contributed by atoms with Crippen LogP contribution in [0.15, 0.2) is 24.4 Å². The summed E-state index contributed by atoms with van der Waals surface area (Å²) < 4.78 is 10.7. The molecule has 1 heterocycles. The Hall–Kier alpha value is -1.55. The highest BCUT2D eigenvalue weighted by Crippen LogP contribution is 2.33. The summed E-state index contributed by atoms with van der Waals surface area (Å²) in [5.74, 6) is 1.53. The molecule has 0 amide bonds. The maximum atomic E-state index is 5.39. The first-order valence-electron chi connectivity index (χ1n) is 6.44. The van der Waals surface area contributed by atoms with Crippen LogP contribution >= 0.6 is 0 Å². The number of nitrogens with zero attached hydrogens (tertiary/aromatic N) is 1. The Morgan fingerprint density at radius 3 is 2.26 bits per heavy atom. The topological polar surface area (TPSA) is 31.4 Å². The fourth-order valence-electron chi connectivity index (χ4n) is 2.20. The molecule has 0 aliphatic carbocycles. The lowest BCUT2D eigenvalue weighted by atomic mass is 10.1. The van der Waals surface area contributed by atoms with Crippen molar-refractivity contribution >= 4 is 18.8 Å². The van der Waals surface area contributed by atoms with Crippen molar-refractivity contribution in [2.75, 3.05) is 14.2 Å². The van der Waals surface area contributed by atoms with Crippen LogP contribution in [0.25, 0.3) is 10.8 Å². The van der Waals surface area contributed by atoms with Crippen molar-refractivity contribution in [3.63, 3.8) is 0 Å². The molecule has 1 aromatic carbocycles. The molecule has 0 bridgehead atoms. The third kappa shape index (κ3) is 3.07. The third-order valence-electron chi connectivity index (χ3n) is 3.05. The van der Waals surface area contributed by atoms with Crippen molar-refractivity contribution in [3.05, 3.63) is 30.1 Å². The molecule has 0 aliphatic rings. The standard InChI is InChI=1S/C15H21NO2Si/c1-17-14-8-11-6-7-16-13(10-19(3,4)5)12(11)9-15(14)18-2/h6-9H,10H2,1-5H3. The van der Waals surface area contributed by atoms with Gasteiger partial charge < -0.3 is 9.47 Å². The molecule has 4 heteroatoms. The molecule has 0 atom stereocenters. The van der Waals surface area contributed by atoms with Crippen LogP contribution in [0.2, 0.25) is 19.6 Å². The van der Waals surface area contributed by atoms with Gasteiger partial charge in [0.2, 0.25) is 0 Å². The molecule has 0 saturated heterocycles. The van der Waals surface area contributed by atoms with Gasteiger partial charge in [-0.15, -0.1) is 0 Å². The van der Waals surface area contributed by atoms with E-state index in [0.29, 0.717) is 0 Å². The van der Waals surface area contributed by atoms with Crippen molar-refractivity contribution in [1.29, 1.82) is 0 Å². The molecule has 0 unspecified atom stereocenters. The van der Waals surface area contributed by atoms with Crippen LogP contribution in [-0.4, -0.2) is 27.3 Å². The molecule has 0 aliphatic heterocycles. The van der Waals surface area contributed by atoms with Crippen LogP contribution in [0.3, 0.4) is 0 Å². The SMILES string of the molecule is COc1cc2ccnc(C[Si](C)(C)C)c2cc1OC. The zero-order valence-electron chi connectivity index (χ0n) is 12.3. The van der Waals surface area contributed by atoms with Crippen molar-refractivity contribution in [1.82, 2.24) is 4.98 Å². The Morgan fingerprint density at radius 2 is 1.68 bits per heavy atom. The predicted octanol–water partition coefficient (Wildman–Crippen LogP) is 3.67. The summed E-state index contributed by atoms with van der Waals surface area (Å²) in [7, 11) is 2.13. The predicted molar refractivity (Wildman–Crippen MR) is 81.9 cm³/mol. The lowest BCUT2D eigenvalue weighted by Crippen LogP contribution is -2.24. The lowest BCUT2D eigenvalue weighted by molar-refractivity contribution is 0.356. The average molecular weight is 275 g/mol. The Balaban J connectivity index is 2.60. The number of methoxy groups -OCH3 is 2. The van der Waals surface area contributed by atoms with Gasteiger partial charge in [0.1, 0.15) is 0 Å². The number of rotatable bonds is 4. The van der Waals surface area contributed by atoms with Gasteiger partial charge in [-0.1, -0.05) is 19.6 Å². The van der Waals surface area contributed by atoms with Gasteiger partial charge in [-0.05, 0) is 29.6 Å². The van der Waals surface area contributed by atoms with Crippen LogP contribution in [0.4, 0.5) is 0 Å². The van der Waals surface area contributed by atoms with Gasteiger partial charge in [-0.2, -0.15) is 0 Å². The van der Waals surface area contributed by atoms with E-state index in [4.69, 9.17) is 9.47 Å². The van der Waals surface area contributed by atoms with Gasteiger partial charge >= 0.3 is 0 Å². The van der Waals surface area contributed by atoms with Gasteiger partial charge in [0.25, 0.3) is 0 Å². The molecule has 0 spiro atoms. The molecule has 0 saturated carbocycles. The van der Waals surface area contributed by atoms with Gasteiger partial charge in [0.15, 0.2) is 11.5 Å². The quantitative estimate of drug-likeness (QED) is 0.798. The van der Waals surface area contributed by atoms with Crippen molar-refractivity contribution in [2.45, 2.75) is 25.7 Å². The van der Waals surface area contributed by atoms with Crippen LogP contribution in [0.5, 0.6) is 11.5 Å². The summed E-state index contributed by atoms with van der Waals surface area (Å²) in [5, 5.41) is 2.32. The summed E-state index contributed by atoms with van der Waals surface area (Å²) in [6, 6.07) is 7.14. The zero-order valence-corrected chi connectivity index (χ0v) is 13.3. The van der Waals surface area contributed by atoms with Gasteiger partial charge in [-0.25, -0.2) is 0 Å². The Bertz CT molecular complexity index is 590. The van der Waals surface area contributed by atoms with Gasteiger partial charge in [0.05, 0.1) is 22.3 Å². The van der Waals surface area contributed by atoms with Crippen LogP contribution < -0.4 is 9.47 Å². The van der Waals surface area contributed by atoms with E-state index >= 15 is 0 Å². The van der Waals surface area contributed by atoms with E-state index in [2.05, 4.69) is 24.6 Å². The summed E-state index contributed by atoms with van der Waals surface area (Å²) in [6.45, 7) is 7.07. The first-order valence-corrected chi connectivity index (χ1v) is 10.1. The van der Waals surface area contributed by atoms with E-state index < -0.39 is 8.07 Å². The molecule has 0 N–H and O–H groups in total. The second kappa shape index (κ2) is 5.21. The molecule has 102 valence electrons. The van der Waals surface area contributed by atoms with E-state index in [9.17, 15) is 0 Å². The van der Waals surface area contributed by atoms with Crippen LogP contribution in [0.1, 0.15) is 5.69 Å². The average Bonchev–Trinajstić information content (AvgIpc) is 2.35. The number of hydrogen-bond donors (Lipinski definition) is 0. The third-order valence-corrected chi connectivity index (χ3v) is 4.44.